The largest absolute Gasteiger partial charge is 0.377 e. The number of nitrogens with one attached hydrogen (secondary N) is 1. The first-order valence-electron chi connectivity index (χ1n) is 10.4. The van der Waals surface area contributed by atoms with Crippen LogP contribution < -0.4 is 5.32 Å². The van der Waals surface area contributed by atoms with Crippen LogP contribution in [0.2, 0.25) is 0 Å². The molecule has 2 atom stereocenters. The molecular weight excluding hydrogens is 350 g/mol. The third kappa shape index (κ3) is 5.35. The van der Waals surface area contributed by atoms with Crippen molar-refractivity contribution in [1.29, 1.82) is 0 Å². The molecule has 28 heavy (non-hydrogen) atoms. The van der Waals surface area contributed by atoms with Crippen LogP contribution in [0.1, 0.15) is 44.4 Å². The van der Waals surface area contributed by atoms with Gasteiger partial charge in [-0.1, -0.05) is 31.2 Å². The van der Waals surface area contributed by atoms with Crippen LogP contribution in [0.15, 0.2) is 48.0 Å². The van der Waals surface area contributed by atoms with Gasteiger partial charge < -0.3 is 19.5 Å². The van der Waals surface area contributed by atoms with E-state index in [0.717, 1.165) is 38.6 Å². The van der Waals surface area contributed by atoms with Gasteiger partial charge in [0.15, 0.2) is 5.96 Å². The number of likely N-dealkylation sites (tertiary alicyclic amines) is 1. The monoisotopic (exact) mass is 383 g/mol. The molecule has 0 bridgehead atoms. The molecule has 0 aliphatic carbocycles. The number of nitrogens with zero attached hydrogens (tertiary/aromatic N) is 4. The van der Waals surface area contributed by atoms with Crippen LogP contribution in [0.5, 0.6) is 0 Å². The number of hydrogen-bond acceptors (Lipinski definition) is 3. The maximum Gasteiger partial charge on any atom is 0.194 e. The van der Waals surface area contributed by atoms with Crippen molar-refractivity contribution in [3.8, 4) is 0 Å². The maximum atomic E-state index is 5.47. The van der Waals surface area contributed by atoms with Gasteiger partial charge in [0.2, 0.25) is 0 Å². The zero-order valence-corrected chi connectivity index (χ0v) is 17.3. The van der Waals surface area contributed by atoms with E-state index in [0.29, 0.717) is 25.1 Å². The molecule has 3 rings (SSSR count). The number of guanidine groups is 1. The van der Waals surface area contributed by atoms with Crippen molar-refractivity contribution in [2.24, 2.45) is 10.9 Å². The van der Waals surface area contributed by atoms with Crippen LogP contribution in [0, 0.1) is 5.92 Å². The first-order valence-corrected chi connectivity index (χ1v) is 10.4. The third-order valence-corrected chi connectivity index (χ3v) is 5.37. The first kappa shape index (κ1) is 20.4. The van der Waals surface area contributed by atoms with Gasteiger partial charge in [-0.3, -0.25) is 0 Å². The summed E-state index contributed by atoms with van der Waals surface area (Å²) in [4.78, 5) is 11.5. The van der Waals surface area contributed by atoms with Gasteiger partial charge in [0.1, 0.15) is 0 Å². The van der Waals surface area contributed by atoms with Gasteiger partial charge in [0.25, 0.3) is 0 Å². The number of rotatable bonds is 7. The highest BCUT2D eigenvalue weighted by atomic mass is 16.5. The highest BCUT2D eigenvalue weighted by molar-refractivity contribution is 5.80. The average Bonchev–Trinajstić information content (AvgIpc) is 3.25. The van der Waals surface area contributed by atoms with Gasteiger partial charge in [-0.05, 0) is 37.3 Å². The number of piperidine rings is 1. The SMILES string of the molecule is CCNC(=NCc1ccc(COCC)cc1)N1CCC(C)C(n2ccnc2)C1. The molecule has 152 valence electrons. The molecule has 1 N–H and O–H groups in total. The Balaban J connectivity index is 1.66. The lowest BCUT2D eigenvalue weighted by Gasteiger charge is -2.39. The zero-order valence-electron chi connectivity index (χ0n) is 17.3. The quantitative estimate of drug-likeness (QED) is 0.588. The first-order chi connectivity index (χ1) is 13.7. The van der Waals surface area contributed by atoms with Gasteiger partial charge in [0.05, 0.1) is 25.5 Å². The van der Waals surface area contributed by atoms with Crippen molar-refractivity contribution in [1.82, 2.24) is 19.8 Å². The average molecular weight is 384 g/mol. The minimum atomic E-state index is 0.429. The van der Waals surface area contributed by atoms with E-state index >= 15 is 0 Å². The fourth-order valence-electron chi connectivity index (χ4n) is 3.65. The molecule has 0 saturated carbocycles. The smallest absolute Gasteiger partial charge is 0.194 e. The highest BCUT2D eigenvalue weighted by Crippen LogP contribution is 2.27. The van der Waals surface area contributed by atoms with Crippen LogP contribution in [0.3, 0.4) is 0 Å². The second-order valence-corrected chi connectivity index (χ2v) is 7.41. The number of aromatic nitrogens is 2. The molecule has 0 spiro atoms. The van der Waals surface area contributed by atoms with Gasteiger partial charge in [0, 0.05) is 38.6 Å². The molecule has 1 aromatic heterocycles. The van der Waals surface area contributed by atoms with Gasteiger partial charge in [-0.2, -0.15) is 0 Å². The van der Waals surface area contributed by atoms with E-state index in [-0.39, 0.29) is 0 Å². The number of hydrogen-bond donors (Lipinski definition) is 1. The van der Waals surface area contributed by atoms with E-state index in [9.17, 15) is 0 Å². The fourth-order valence-corrected chi connectivity index (χ4v) is 3.65. The maximum absolute atomic E-state index is 5.47. The van der Waals surface area contributed by atoms with Crippen molar-refractivity contribution < 1.29 is 4.74 Å². The summed E-state index contributed by atoms with van der Waals surface area (Å²) in [6.45, 7) is 11.4. The van der Waals surface area contributed by atoms with Crippen LogP contribution in [0.25, 0.3) is 0 Å². The van der Waals surface area contributed by atoms with E-state index in [1.165, 1.54) is 11.1 Å². The second-order valence-electron chi connectivity index (χ2n) is 7.41. The van der Waals surface area contributed by atoms with E-state index in [1.54, 1.807) is 0 Å². The standard InChI is InChI=1S/C22H33N5O/c1-4-24-22(25-14-19-6-8-20(9-7-19)16-28-5-2)26-12-10-18(3)21(15-26)27-13-11-23-17-27/h6-9,11,13,17-18,21H,4-5,10,12,14-16H2,1-3H3,(H,24,25). The van der Waals surface area contributed by atoms with Crippen molar-refractivity contribution in [2.75, 3.05) is 26.2 Å². The molecule has 0 radical (unpaired) electrons. The Morgan fingerprint density at radius 3 is 2.71 bits per heavy atom. The lowest BCUT2D eigenvalue weighted by atomic mass is 9.93. The third-order valence-electron chi connectivity index (χ3n) is 5.37. The Kier molecular flexibility index (Phi) is 7.48. The second kappa shape index (κ2) is 10.3. The topological polar surface area (TPSA) is 54.7 Å². The summed E-state index contributed by atoms with van der Waals surface area (Å²) in [5, 5.41) is 3.47. The van der Waals surface area contributed by atoms with Crippen LogP contribution in [-0.4, -0.2) is 46.7 Å². The van der Waals surface area contributed by atoms with Crippen molar-refractivity contribution in [2.45, 2.75) is 46.4 Å². The Morgan fingerprint density at radius 2 is 2.04 bits per heavy atom. The molecule has 1 fully saturated rings. The molecule has 0 amide bonds. The highest BCUT2D eigenvalue weighted by Gasteiger charge is 2.28. The van der Waals surface area contributed by atoms with Crippen LogP contribution in [-0.2, 0) is 17.9 Å². The summed E-state index contributed by atoms with van der Waals surface area (Å²) in [5.74, 6) is 1.63. The minimum absolute atomic E-state index is 0.429. The molecule has 6 nitrogen and oxygen atoms in total. The molecular formula is C22H33N5O. The van der Waals surface area contributed by atoms with Crippen molar-refractivity contribution in [3.05, 3.63) is 54.1 Å². The Morgan fingerprint density at radius 1 is 1.25 bits per heavy atom. The molecule has 1 aliphatic heterocycles. The van der Waals surface area contributed by atoms with Crippen molar-refractivity contribution in [3.63, 3.8) is 0 Å². The van der Waals surface area contributed by atoms with E-state index < -0.39 is 0 Å². The summed E-state index contributed by atoms with van der Waals surface area (Å²) in [6.07, 6.45) is 7.01. The zero-order chi connectivity index (χ0) is 19.8. The van der Waals surface area contributed by atoms with Crippen LogP contribution in [0.4, 0.5) is 0 Å². The Labute approximate surface area is 168 Å². The van der Waals surface area contributed by atoms with E-state index in [4.69, 9.17) is 9.73 Å². The molecule has 1 aromatic carbocycles. The number of ether oxygens (including phenoxy) is 1. The van der Waals surface area contributed by atoms with E-state index in [1.807, 2.05) is 19.4 Å². The molecule has 2 aromatic rings. The molecule has 2 heterocycles. The number of benzene rings is 1. The summed E-state index contributed by atoms with van der Waals surface area (Å²) < 4.78 is 7.70. The van der Waals surface area contributed by atoms with Gasteiger partial charge >= 0.3 is 0 Å². The summed E-state index contributed by atoms with van der Waals surface area (Å²) in [7, 11) is 0. The van der Waals surface area contributed by atoms with Gasteiger partial charge in [-0.25, -0.2) is 9.98 Å². The molecule has 1 aliphatic rings. The molecule has 2 unspecified atom stereocenters. The lowest BCUT2D eigenvalue weighted by Crippen LogP contribution is -2.49. The Bertz CT molecular complexity index is 726. The summed E-state index contributed by atoms with van der Waals surface area (Å²) in [6, 6.07) is 8.98. The van der Waals surface area contributed by atoms with E-state index in [2.05, 4.69) is 64.1 Å². The minimum Gasteiger partial charge on any atom is -0.377 e. The number of imidazole rings is 1. The molecule has 1 saturated heterocycles. The summed E-state index contributed by atoms with van der Waals surface area (Å²) in [5.41, 5.74) is 2.42. The molecule has 6 heteroatoms. The normalized spacial score (nSPS) is 20.4. The van der Waals surface area contributed by atoms with Gasteiger partial charge in [-0.15, -0.1) is 0 Å². The lowest BCUT2D eigenvalue weighted by molar-refractivity contribution is 0.134. The predicted molar refractivity (Wildman–Crippen MR) is 113 cm³/mol. The number of aliphatic imine (C=N–C) groups is 1. The van der Waals surface area contributed by atoms with Crippen LogP contribution >= 0.6 is 0 Å². The van der Waals surface area contributed by atoms with Crippen molar-refractivity contribution >= 4 is 5.96 Å². The Hall–Kier alpha value is -2.34. The fraction of sp³-hybridized carbons (Fsp3) is 0.545. The summed E-state index contributed by atoms with van der Waals surface area (Å²) >= 11 is 0. The predicted octanol–water partition coefficient (Wildman–Crippen LogP) is 3.47.